The minimum atomic E-state index is -0.198. The topological polar surface area (TPSA) is 87.5 Å². The number of nitrogens with zero attached hydrogens (tertiary/aromatic N) is 4. The van der Waals surface area contributed by atoms with Gasteiger partial charge in [-0.05, 0) is 31.2 Å². The highest BCUT2D eigenvalue weighted by molar-refractivity contribution is 7.18. The summed E-state index contributed by atoms with van der Waals surface area (Å²) in [6.07, 6.45) is 3.61. The van der Waals surface area contributed by atoms with Gasteiger partial charge in [-0.25, -0.2) is 4.98 Å². The predicted molar refractivity (Wildman–Crippen MR) is 126 cm³/mol. The summed E-state index contributed by atoms with van der Waals surface area (Å²) < 4.78 is 1.41. The summed E-state index contributed by atoms with van der Waals surface area (Å²) in [7, 11) is 0. The molecule has 0 aromatic carbocycles. The van der Waals surface area contributed by atoms with E-state index in [4.69, 9.17) is 0 Å². The van der Waals surface area contributed by atoms with Crippen molar-refractivity contribution in [2.24, 2.45) is 0 Å². The Bertz CT molecular complexity index is 1190. The quantitative estimate of drug-likeness (QED) is 0.594. The molecule has 0 radical (unpaired) electrons. The standard InChI is InChI=1S/C22H25N5O3S2/c1-14(20(29)24-15-4-5-15)25-6-8-26(9-7-25)18(28)11-27-13-23-21-19(22(27)30)16(12-32-21)17-3-2-10-31-17/h2-3,10,12-15H,4-9,11H2,1H3,(H,24,29). The van der Waals surface area contributed by atoms with Gasteiger partial charge in [0.05, 0.1) is 17.8 Å². The van der Waals surface area contributed by atoms with Crippen LogP contribution in [-0.2, 0) is 16.1 Å². The van der Waals surface area contributed by atoms with Crippen LogP contribution in [0.5, 0.6) is 0 Å². The molecule has 3 aromatic rings. The molecule has 32 heavy (non-hydrogen) atoms. The number of amides is 2. The first-order valence-corrected chi connectivity index (χ1v) is 12.6. The molecule has 8 nitrogen and oxygen atoms in total. The van der Waals surface area contributed by atoms with Crippen LogP contribution in [0.3, 0.4) is 0 Å². The van der Waals surface area contributed by atoms with Gasteiger partial charge in [0, 0.05) is 48.0 Å². The number of fused-ring (bicyclic) bond motifs is 1. The molecule has 2 amide bonds. The molecule has 0 bridgehead atoms. The first-order chi connectivity index (χ1) is 15.5. The molecule has 1 N–H and O–H groups in total. The van der Waals surface area contributed by atoms with Crippen LogP contribution >= 0.6 is 22.7 Å². The molecule has 3 aromatic heterocycles. The van der Waals surface area contributed by atoms with Gasteiger partial charge < -0.3 is 10.2 Å². The van der Waals surface area contributed by atoms with Crippen LogP contribution in [0.4, 0.5) is 0 Å². The van der Waals surface area contributed by atoms with Crippen LogP contribution in [0, 0.1) is 0 Å². The van der Waals surface area contributed by atoms with E-state index in [2.05, 4.69) is 15.2 Å². The average Bonchev–Trinajstić information content (AvgIpc) is 3.26. The molecule has 2 aliphatic rings. The van der Waals surface area contributed by atoms with E-state index in [0.29, 0.717) is 42.4 Å². The molecular weight excluding hydrogens is 446 g/mol. The Morgan fingerprint density at radius 2 is 2.00 bits per heavy atom. The predicted octanol–water partition coefficient (Wildman–Crippen LogP) is 2.00. The first-order valence-electron chi connectivity index (χ1n) is 10.8. The highest BCUT2D eigenvalue weighted by atomic mass is 32.1. The Balaban J connectivity index is 1.24. The van der Waals surface area contributed by atoms with E-state index in [1.165, 1.54) is 22.2 Å². The lowest BCUT2D eigenvalue weighted by Crippen LogP contribution is -2.55. The van der Waals surface area contributed by atoms with Crippen LogP contribution in [0.15, 0.2) is 34.0 Å². The fourth-order valence-corrected chi connectivity index (χ4v) is 5.73. The number of rotatable bonds is 6. The summed E-state index contributed by atoms with van der Waals surface area (Å²) >= 11 is 3.02. The molecule has 10 heteroatoms. The molecule has 4 heterocycles. The number of hydrogen-bond donors (Lipinski definition) is 1. The van der Waals surface area contributed by atoms with Crippen molar-refractivity contribution in [2.75, 3.05) is 26.2 Å². The van der Waals surface area contributed by atoms with Crippen molar-refractivity contribution in [3.05, 3.63) is 39.6 Å². The second kappa shape index (κ2) is 8.76. The fraction of sp³-hybridized carbons (Fsp3) is 0.455. The van der Waals surface area contributed by atoms with Crippen molar-refractivity contribution in [2.45, 2.75) is 38.4 Å². The highest BCUT2D eigenvalue weighted by Crippen LogP contribution is 2.33. The third-order valence-electron chi connectivity index (χ3n) is 6.17. The lowest BCUT2D eigenvalue weighted by molar-refractivity contribution is -0.134. The van der Waals surface area contributed by atoms with Gasteiger partial charge in [-0.3, -0.25) is 23.9 Å². The summed E-state index contributed by atoms with van der Waals surface area (Å²) in [5.74, 6) is -0.0357. The van der Waals surface area contributed by atoms with E-state index in [-0.39, 0.29) is 30.0 Å². The zero-order chi connectivity index (χ0) is 22.2. The molecule has 1 saturated heterocycles. The van der Waals surface area contributed by atoms with Crippen LogP contribution in [-0.4, -0.2) is 69.4 Å². The molecule has 1 atom stereocenters. The highest BCUT2D eigenvalue weighted by Gasteiger charge is 2.31. The van der Waals surface area contributed by atoms with Gasteiger partial charge in [-0.15, -0.1) is 22.7 Å². The minimum absolute atomic E-state index is 0.0286. The maximum absolute atomic E-state index is 13.1. The summed E-state index contributed by atoms with van der Waals surface area (Å²) in [5, 5.41) is 7.56. The summed E-state index contributed by atoms with van der Waals surface area (Å²) in [6, 6.07) is 4.09. The maximum Gasteiger partial charge on any atom is 0.263 e. The van der Waals surface area contributed by atoms with Gasteiger partial charge in [-0.1, -0.05) is 6.07 Å². The zero-order valence-electron chi connectivity index (χ0n) is 17.8. The molecule has 1 aliphatic heterocycles. The van der Waals surface area contributed by atoms with Crippen LogP contribution in [0.2, 0.25) is 0 Å². The van der Waals surface area contributed by atoms with Crippen molar-refractivity contribution in [3.63, 3.8) is 0 Å². The fourth-order valence-electron chi connectivity index (χ4n) is 4.01. The van der Waals surface area contributed by atoms with E-state index in [9.17, 15) is 14.4 Å². The Morgan fingerprint density at radius 1 is 1.22 bits per heavy atom. The molecule has 1 aliphatic carbocycles. The second-order valence-corrected chi connectivity index (χ2v) is 10.2. The van der Waals surface area contributed by atoms with E-state index < -0.39 is 0 Å². The Kier molecular flexibility index (Phi) is 5.83. The van der Waals surface area contributed by atoms with Crippen LogP contribution in [0.1, 0.15) is 19.8 Å². The van der Waals surface area contributed by atoms with Crippen molar-refractivity contribution in [1.29, 1.82) is 0 Å². The normalized spacial score (nSPS) is 18.1. The van der Waals surface area contributed by atoms with Gasteiger partial charge in [0.1, 0.15) is 11.4 Å². The number of carbonyl (C=O) groups is 2. The van der Waals surface area contributed by atoms with Gasteiger partial charge >= 0.3 is 0 Å². The van der Waals surface area contributed by atoms with E-state index in [0.717, 1.165) is 23.3 Å². The molecular formula is C22H25N5O3S2. The smallest absolute Gasteiger partial charge is 0.263 e. The molecule has 1 unspecified atom stereocenters. The van der Waals surface area contributed by atoms with E-state index >= 15 is 0 Å². The maximum atomic E-state index is 13.1. The number of piperazine rings is 1. The summed E-state index contributed by atoms with van der Waals surface area (Å²) in [4.78, 5) is 48.4. The zero-order valence-corrected chi connectivity index (χ0v) is 19.5. The number of aromatic nitrogens is 2. The van der Waals surface area contributed by atoms with Crippen LogP contribution in [0.25, 0.3) is 20.7 Å². The number of nitrogens with one attached hydrogen (secondary N) is 1. The Morgan fingerprint density at radius 3 is 2.69 bits per heavy atom. The molecule has 1 saturated carbocycles. The third kappa shape index (κ3) is 4.22. The van der Waals surface area contributed by atoms with Crippen molar-refractivity contribution >= 4 is 44.7 Å². The van der Waals surface area contributed by atoms with E-state index in [1.54, 1.807) is 16.2 Å². The molecule has 168 valence electrons. The number of thiophene rings is 2. The Hall–Kier alpha value is -2.56. The van der Waals surface area contributed by atoms with Gasteiger partial charge in [0.2, 0.25) is 11.8 Å². The minimum Gasteiger partial charge on any atom is -0.352 e. The van der Waals surface area contributed by atoms with Gasteiger partial charge in [-0.2, -0.15) is 0 Å². The number of hydrogen-bond acceptors (Lipinski definition) is 7. The van der Waals surface area contributed by atoms with Crippen molar-refractivity contribution < 1.29 is 9.59 Å². The SMILES string of the molecule is CC(C(=O)NC1CC1)N1CCN(C(=O)Cn2cnc3scc(-c4cccs4)c3c2=O)CC1. The van der Waals surface area contributed by atoms with Crippen LogP contribution < -0.4 is 10.9 Å². The first kappa shape index (κ1) is 21.3. The van der Waals surface area contributed by atoms with Gasteiger partial charge in [0.25, 0.3) is 5.56 Å². The third-order valence-corrected chi connectivity index (χ3v) is 7.96. The second-order valence-electron chi connectivity index (χ2n) is 8.36. The van der Waals surface area contributed by atoms with E-state index in [1.807, 2.05) is 29.8 Å². The summed E-state index contributed by atoms with van der Waals surface area (Å²) in [5.41, 5.74) is 0.698. The molecule has 2 fully saturated rings. The average molecular weight is 472 g/mol. The molecule has 0 spiro atoms. The lowest BCUT2D eigenvalue weighted by Gasteiger charge is -2.37. The lowest BCUT2D eigenvalue weighted by atomic mass is 10.2. The monoisotopic (exact) mass is 471 g/mol. The molecule has 5 rings (SSSR count). The largest absolute Gasteiger partial charge is 0.352 e. The van der Waals surface area contributed by atoms with Crippen molar-refractivity contribution in [1.82, 2.24) is 24.7 Å². The van der Waals surface area contributed by atoms with Crippen molar-refractivity contribution in [3.8, 4) is 10.4 Å². The summed E-state index contributed by atoms with van der Waals surface area (Å²) in [6.45, 7) is 4.27. The number of carbonyl (C=O) groups excluding carboxylic acids is 2. The Labute approximate surface area is 193 Å². The van der Waals surface area contributed by atoms with Gasteiger partial charge in [0.15, 0.2) is 0 Å².